The average molecular weight is 400 g/mol. The lowest BCUT2D eigenvalue weighted by Crippen LogP contribution is -2.40. The van der Waals surface area contributed by atoms with Gasteiger partial charge in [-0.05, 0) is 51.0 Å². The molecule has 7 nitrogen and oxygen atoms in total. The number of hydrogen-bond acceptors (Lipinski definition) is 4. The second-order valence-electron chi connectivity index (χ2n) is 7.87. The zero-order valence-corrected chi connectivity index (χ0v) is 17.2. The molecular formula is C23H24N6O. The second-order valence-corrected chi connectivity index (χ2v) is 7.87. The minimum absolute atomic E-state index is 0.0469. The van der Waals surface area contributed by atoms with Gasteiger partial charge >= 0.3 is 0 Å². The van der Waals surface area contributed by atoms with Crippen LogP contribution in [0.25, 0.3) is 11.3 Å². The number of likely N-dealkylation sites (tertiary alicyclic amines) is 1. The van der Waals surface area contributed by atoms with E-state index < -0.39 is 0 Å². The lowest BCUT2D eigenvalue weighted by atomic mass is 9.96. The van der Waals surface area contributed by atoms with Gasteiger partial charge in [0.15, 0.2) is 5.65 Å². The summed E-state index contributed by atoms with van der Waals surface area (Å²) in [4.78, 5) is 15.4. The molecule has 7 heteroatoms. The van der Waals surface area contributed by atoms with E-state index in [1.807, 2.05) is 82.6 Å². The van der Waals surface area contributed by atoms with Crippen LogP contribution < -0.4 is 0 Å². The highest BCUT2D eigenvalue weighted by Crippen LogP contribution is 2.28. The first-order valence-corrected chi connectivity index (χ1v) is 10.3. The van der Waals surface area contributed by atoms with E-state index in [2.05, 4.69) is 15.3 Å². The Hall–Kier alpha value is -3.48. The Labute approximate surface area is 175 Å². The largest absolute Gasteiger partial charge is 0.338 e. The van der Waals surface area contributed by atoms with Gasteiger partial charge in [-0.1, -0.05) is 24.3 Å². The van der Waals surface area contributed by atoms with Gasteiger partial charge in [0.25, 0.3) is 5.91 Å². The molecule has 0 bridgehead atoms. The highest BCUT2D eigenvalue weighted by molar-refractivity contribution is 5.96. The van der Waals surface area contributed by atoms with Gasteiger partial charge in [-0.3, -0.25) is 9.20 Å². The van der Waals surface area contributed by atoms with E-state index in [1.54, 1.807) is 0 Å². The third-order valence-electron chi connectivity index (χ3n) is 5.92. The van der Waals surface area contributed by atoms with E-state index in [0.717, 1.165) is 47.9 Å². The van der Waals surface area contributed by atoms with Crippen molar-refractivity contribution >= 4 is 11.6 Å². The Morgan fingerprint density at radius 2 is 1.83 bits per heavy atom. The molecule has 5 rings (SSSR count). The van der Waals surface area contributed by atoms with E-state index in [9.17, 15) is 4.79 Å². The molecule has 0 radical (unpaired) electrons. The van der Waals surface area contributed by atoms with Crippen molar-refractivity contribution in [2.75, 3.05) is 13.1 Å². The van der Waals surface area contributed by atoms with Gasteiger partial charge < -0.3 is 4.90 Å². The molecule has 3 aromatic heterocycles. The van der Waals surface area contributed by atoms with Crippen LogP contribution in [-0.2, 0) is 0 Å². The monoisotopic (exact) mass is 400 g/mol. The Morgan fingerprint density at radius 1 is 1.03 bits per heavy atom. The van der Waals surface area contributed by atoms with E-state index in [1.165, 1.54) is 0 Å². The highest BCUT2D eigenvalue weighted by Gasteiger charge is 2.31. The summed E-state index contributed by atoms with van der Waals surface area (Å²) in [6.45, 7) is 5.27. The first kappa shape index (κ1) is 18.5. The Balaban J connectivity index is 1.43. The van der Waals surface area contributed by atoms with E-state index in [-0.39, 0.29) is 11.8 Å². The quantitative estimate of drug-likeness (QED) is 0.527. The number of aryl methyl sites for hydroxylation is 1. The summed E-state index contributed by atoms with van der Waals surface area (Å²) >= 11 is 0. The normalized spacial score (nSPS) is 16.9. The van der Waals surface area contributed by atoms with Crippen molar-refractivity contribution in [3.8, 4) is 5.69 Å². The Bertz CT molecular complexity index is 1210. The van der Waals surface area contributed by atoms with Gasteiger partial charge in [0.2, 0.25) is 0 Å². The molecule has 1 fully saturated rings. The van der Waals surface area contributed by atoms with Crippen LogP contribution in [0.3, 0.4) is 0 Å². The molecule has 1 aromatic carbocycles. The molecule has 152 valence electrons. The maximum absolute atomic E-state index is 13.5. The van der Waals surface area contributed by atoms with Crippen LogP contribution in [0.2, 0.25) is 0 Å². The van der Waals surface area contributed by atoms with Gasteiger partial charge in [0.1, 0.15) is 5.82 Å². The zero-order valence-electron chi connectivity index (χ0n) is 17.2. The smallest absolute Gasteiger partial charge is 0.257 e. The fourth-order valence-corrected chi connectivity index (χ4v) is 4.44. The van der Waals surface area contributed by atoms with E-state index in [0.29, 0.717) is 12.1 Å². The number of carbonyl (C=O) groups excluding carboxylic acids is 1. The number of benzene rings is 1. The molecule has 1 unspecified atom stereocenters. The number of amides is 1. The topological polar surface area (TPSA) is 68.3 Å². The van der Waals surface area contributed by atoms with Gasteiger partial charge in [-0.2, -0.15) is 5.10 Å². The Morgan fingerprint density at radius 3 is 2.67 bits per heavy atom. The van der Waals surface area contributed by atoms with Gasteiger partial charge in [0.05, 0.1) is 22.6 Å². The van der Waals surface area contributed by atoms with Crippen molar-refractivity contribution in [3.05, 3.63) is 77.5 Å². The lowest BCUT2D eigenvalue weighted by molar-refractivity contribution is 0.0702. The summed E-state index contributed by atoms with van der Waals surface area (Å²) in [6.07, 6.45) is 3.94. The predicted molar refractivity (Wildman–Crippen MR) is 114 cm³/mol. The summed E-state index contributed by atoms with van der Waals surface area (Å²) in [5.41, 5.74) is 4.14. The maximum Gasteiger partial charge on any atom is 0.257 e. The molecule has 4 aromatic rings. The van der Waals surface area contributed by atoms with Crippen molar-refractivity contribution < 1.29 is 4.79 Å². The maximum atomic E-state index is 13.5. The van der Waals surface area contributed by atoms with Gasteiger partial charge in [0, 0.05) is 25.2 Å². The van der Waals surface area contributed by atoms with Crippen molar-refractivity contribution in [3.63, 3.8) is 0 Å². The van der Waals surface area contributed by atoms with Crippen molar-refractivity contribution in [1.29, 1.82) is 0 Å². The van der Waals surface area contributed by atoms with Crippen molar-refractivity contribution in [2.24, 2.45) is 0 Å². The molecule has 0 saturated carbocycles. The number of aromatic nitrogens is 5. The summed E-state index contributed by atoms with van der Waals surface area (Å²) in [6, 6.07) is 15.8. The van der Waals surface area contributed by atoms with E-state index in [4.69, 9.17) is 0 Å². The highest BCUT2D eigenvalue weighted by atomic mass is 16.2. The van der Waals surface area contributed by atoms with Crippen LogP contribution in [0.5, 0.6) is 0 Å². The minimum Gasteiger partial charge on any atom is -0.338 e. The number of rotatable bonds is 3. The standard InChI is InChI=1S/C23H24N6O/c1-16-21(17(2)29(26-16)19-10-4-3-5-11-19)23(30)27-13-8-9-18(15-27)22-25-24-20-12-6-7-14-28(20)22/h3-7,10-12,14,18H,8-9,13,15H2,1-2H3. The van der Waals surface area contributed by atoms with Crippen molar-refractivity contribution in [1.82, 2.24) is 29.3 Å². The Kier molecular flexibility index (Phi) is 4.58. The van der Waals surface area contributed by atoms with Crippen LogP contribution >= 0.6 is 0 Å². The molecular weight excluding hydrogens is 376 g/mol. The second kappa shape index (κ2) is 7.40. The third kappa shape index (κ3) is 3.07. The first-order chi connectivity index (χ1) is 14.6. The fraction of sp³-hybridized carbons (Fsp3) is 0.304. The summed E-state index contributed by atoms with van der Waals surface area (Å²) in [5.74, 6) is 1.15. The molecule has 30 heavy (non-hydrogen) atoms. The third-order valence-corrected chi connectivity index (χ3v) is 5.92. The van der Waals surface area contributed by atoms with Gasteiger partial charge in [-0.25, -0.2) is 4.68 Å². The number of piperidine rings is 1. The molecule has 1 aliphatic rings. The summed E-state index contributed by atoms with van der Waals surface area (Å²) in [5, 5.41) is 13.4. The first-order valence-electron chi connectivity index (χ1n) is 10.3. The molecule has 1 amide bonds. The zero-order chi connectivity index (χ0) is 20.7. The lowest BCUT2D eigenvalue weighted by Gasteiger charge is -2.32. The number of fused-ring (bicyclic) bond motifs is 1. The van der Waals surface area contributed by atoms with Crippen molar-refractivity contribution in [2.45, 2.75) is 32.6 Å². The number of carbonyl (C=O) groups is 1. The van der Waals surface area contributed by atoms with Crippen LogP contribution in [0.4, 0.5) is 0 Å². The van der Waals surface area contributed by atoms with Crippen LogP contribution in [0.1, 0.15) is 46.3 Å². The van der Waals surface area contributed by atoms with Crippen LogP contribution in [0.15, 0.2) is 54.7 Å². The predicted octanol–water partition coefficient (Wildman–Crippen LogP) is 3.55. The molecule has 4 heterocycles. The average Bonchev–Trinajstić information content (AvgIpc) is 3.34. The van der Waals surface area contributed by atoms with E-state index >= 15 is 0 Å². The molecule has 1 saturated heterocycles. The molecule has 0 N–H and O–H groups in total. The summed E-state index contributed by atoms with van der Waals surface area (Å²) < 4.78 is 3.89. The molecule has 0 spiro atoms. The molecule has 1 atom stereocenters. The van der Waals surface area contributed by atoms with Crippen LogP contribution in [0, 0.1) is 13.8 Å². The summed E-state index contributed by atoms with van der Waals surface area (Å²) in [7, 11) is 0. The number of hydrogen-bond donors (Lipinski definition) is 0. The molecule has 1 aliphatic heterocycles. The number of para-hydroxylation sites is 1. The fourth-order valence-electron chi connectivity index (χ4n) is 4.44. The van der Waals surface area contributed by atoms with Crippen LogP contribution in [-0.4, -0.2) is 48.3 Å². The number of pyridine rings is 1. The minimum atomic E-state index is 0.0469. The SMILES string of the molecule is Cc1nn(-c2ccccc2)c(C)c1C(=O)N1CCCC(c2nnc3ccccn23)C1. The molecule has 0 aliphatic carbocycles. The van der Waals surface area contributed by atoms with Gasteiger partial charge in [-0.15, -0.1) is 10.2 Å². The number of nitrogens with zero attached hydrogens (tertiary/aromatic N) is 6.